The van der Waals surface area contributed by atoms with Crippen LogP contribution in [0.3, 0.4) is 0 Å². The maximum absolute atomic E-state index is 11.9. The molecule has 1 saturated heterocycles. The second kappa shape index (κ2) is 5.18. The van der Waals surface area contributed by atoms with Crippen LogP contribution < -0.4 is 10.6 Å². The van der Waals surface area contributed by atoms with E-state index in [0.717, 1.165) is 21.7 Å². The van der Waals surface area contributed by atoms with Crippen molar-refractivity contribution < 1.29 is 9.59 Å². The van der Waals surface area contributed by atoms with Gasteiger partial charge in [0.2, 0.25) is 11.8 Å². The molecule has 0 saturated carbocycles. The molecule has 2 N–H and O–H groups in total. The van der Waals surface area contributed by atoms with Crippen LogP contribution in [0, 0.1) is 0 Å². The summed E-state index contributed by atoms with van der Waals surface area (Å²) in [6.07, 6.45) is 1.69. The van der Waals surface area contributed by atoms with Crippen LogP contribution in [0.1, 0.15) is 0 Å². The Kier molecular flexibility index (Phi) is 3.32. The highest BCUT2D eigenvalue weighted by Gasteiger charge is 2.29. The van der Waals surface area contributed by atoms with Crippen molar-refractivity contribution in [1.29, 1.82) is 0 Å². The summed E-state index contributed by atoms with van der Waals surface area (Å²) < 4.78 is 1.59. The Morgan fingerprint density at radius 1 is 1.05 bits per heavy atom. The highest BCUT2D eigenvalue weighted by molar-refractivity contribution is 6.03. The van der Waals surface area contributed by atoms with Crippen molar-refractivity contribution in [3.8, 4) is 11.1 Å². The molecule has 0 unspecified atom stereocenters. The van der Waals surface area contributed by atoms with E-state index in [2.05, 4.69) is 5.10 Å². The quantitative estimate of drug-likeness (QED) is 0.815. The van der Waals surface area contributed by atoms with Gasteiger partial charge in [0.15, 0.2) is 0 Å². The summed E-state index contributed by atoms with van der Waals surface area (Å²) in [6, 6.07) is 7.56. The fraction of sp³-hybridized carbons (Fsp3) is 0.267. The zero-order chi connectivity index (χ0) is 15.9. The van der Waals surface area contributed by atoms with Crippen LogP contribution in [0.25, 0.3) is 11.1 Å². The maximum Gasteiger partial charge on any atom is 0.248 e. The number of hydrogen-bond donors (Lipinski definition) is 1. The molecule has 2 amide bonds. The number of nitrogens with zero attached hydrogens (tertiary/aromatic N) is 4. The molecule has 0 spiro atoms. The Bertz CT molecular complexity index is 734. The molecule has 0 radical (unpaired) electrons. The molecule has 2 aromatic rings. The SMILES string of the molecule is CN1C(=O)CN(c2ccccc2-c2cnn(C)c2N)CC1=O. The molecule has 0 aliphatic carbocycles. The van der Waals surface area contributed by atoms with Gasteiger partial charge in [-0.05, 0) is 6.07 Å². The largest absolute Gasteiger partial charge is 0.383 e. The standard InChI is InChI=1S/C15H17N5O2/c1-18-13(21)8-20(9-14(18)22)12-6-4-3-5-10(12)11-7-17-19(2)15(11)16/h3-7H,8-9,16H2,1-2H3. The van der Waals surface area contributed by atoms with Crippen LogP contribution in [-0.4, -0.2) is 46.6 Å². The molecule has 22 heavy (non-hydrogen) atoms. The lowest BCUT2D eigenvalue weighted by atomic mass is 10.0. The molecule has 3 rings (SSSR count). The number of nitrogens with two attached hydrogens (primary N) is 1. The molecule has 7 nitrogen and oxygen atoms in total. The maximum atomic E-state index is 11.9. The predicted molar refractivity (Wildman–Crippen MR) is 83.0 cm³/mol. The summed E-state index contributed by atoms with van der Waals surface area (Å²) in [5.41, 5.74) is 8.50. The first kappa shape index (κ1) is 14.1. The second-order valence-electron chi connectivity index (χ2n) is 5.29. The van der Waals surface area contributed by atoms with Crippen molar-refractivity contribution in [1.82, 2.24) is 14.7 Å². The number of imide groups is 1. The van der Waals surface area contributed by atoms with E-state index in [1.54, 1.807) is 22.8 Å². The molecule has 114 valence electrons. The highest BCUT2D eigenvalue weighted by atomic mass is 16.2. The summed E-state index contributed by atoms with van der Waals surface area (Å²) in [5.74, 6) is 0.106. The fourth-order valence-corrected chi connectivity index (χ4v) is 2.54. The minimum atomic E-state index is -0.217. The van der Waals surface area contributed by atoms with Gasteiger partial charge in [-0.3, -0.25) is 19.2 Å². The summed E-state index contributed by atoms with van der Waals surface area (Å²) in [5, 5.41) is 4.15. The highest BCUT2D eigenvalue weighted by Crippen LogP contribution is 2.34. The first-order chi connectivity index (χ1) is 10.5. The number of aryl methyl sites for hydroxylation is 1. The smallest absolute Gasteiger partial charge is 0.248 e. The van der Waals surface area contributed by atoms with Gasteiger partial charge >= 0.3 is 0 Å². The van der Waals surface area contributed by atoms with Crippen LogP contribution in [0.5, 0.6) is 0 Å². The van der Waals surface area contributed by atoms with Crippen molar-refractivity contribution in [2.24, 2.45) is 7.05 Å². The third kappa shape index (κ3) is 2.20. The van der Waals surface area contributed by atoms with Crippen LogP contribution in [-0.2, 0) is 16.6 Å². The molecule has 1 aromatic heterocycles. The summed E-state index contributed by atoms with van der Waals surface area (Å²) in [6.45, 7) is 0.332. The van der Waals surface area contributed by atoms with Crippen LogP contribution in [0.2, 0.25) is 0 Å². The Morgan fingerprint density at radius 2 is 1.68 bits per heavy atom. The van der Waals surface area contributed by atoms with Crippen molar-refractivity contribution >= 4 is 23.3 Å². The van der Waals surface area contributed by atoms with Gasteiger partial charge in [-0.2, -0.15) is 5.10 Å². The van der Waals surface area contributed by atoms with Crippen LogP contribution in [0.15, 0.2) is 30.5 Å². The number of benzene rings is 1. The topological polar surface area (TPSA) is 84.5 Å². The van der Waals surface area contributed by atoms with Gasteiger partial charge in [0, 0.05) is 30.9 Å². The number of hydrogen-bond acceptors (Lipinski definition) is 5. The lowest BCUT2D eigenvalue weighted by molar-refractivity contribution is -0.143. The average molecular weight is 299 g/mol. The lowest BCUT2D eigenvalue weighted by Crippen LogP contribution is -2.52. The molecule has 1 aliphatic rings. The zero-order valence-electron chi connectivity index (χ0n) is 12.5. The van der Waals surface area contributed by atoms with Gasteiger partial charge in [0.1, 0.15) is 5.82 Å². The van der Waals surface area contributed by atoms with Gasteiger partial charge in [0.25, 0.3) is 0 Å². The normalized spacial score (nSPS) is 15.5. The van der Waals surface area contributed by atoms with E-state index >= 15 is 0 Å². The molecular weight excluding hydrogens is 282 g/mol. The Balaban J connectivity index is 2.04. The van der Waals surface area contributed by atoms with Gasteiger partial charge in [-0.15, -0.1) is 0 Å². The lowest BCUT2D eigenvalue weighted by Gasteiger charge is -2.33. The van der Waals surface area contributed by atoms with Crippen molar-refractivity contribution in [3.05, 3.63) is 30.5 Å². The van der Waals surface area contributed by atoms with Gasteiger partial charge < -0.3 is 10.6 Å². The zero-order valence-corrected chi connectivity index (χ0v) is 12.5. The van der Waals surface area contributed by atoms with E-state index in [-0.39, 0.29) is 24.9 Å². The second-order valence-corrected chi connectivity index (χ2v) is 5.29. The number of anilines is 2. The summed E-state index contributed by atoms with van der Waals surface area (Å²) in [4.78, 5) is 26.8. The minimum Gasteiger partial charge on any atom is -0.383 e. The molecule has 7 heteroatoms. The number of carbonyl (C=O) groups excluding carboxylic acids is 2. The number of amides is 2. The number of nitrogen functional groups attached to an aromatic ring is 1. The average Bonchev–Trinajstić information content (AvgIpc) is 2.84. The predicted octanol–water partition coefficient (Wildman–Crippen LogP) is 0.474. The Hall–Kier alpha value is -2.83. The molecule has 0 atom stereocenters. The number of aromatic nitrogens is 2. The van der Waals surface area contributed by atoms with Crippen molar-refractivity contribution in [2.75, 3.05) is 30.8 Å². The summed E-state index contributed by atoms with van der Waals surface area (Å²) in [7, 11) is 3.28. The van der Waals surface area contributed by atoms with Crippen molar-refractivity contribution in [2.45, 2.75) is 0 Å². The molecular formula is C15H17N5O2. The monoisotopic (exact) mass is 299 g/mol. The third-order valence-electron chi connectivity index (χ3n) is 3.92. The fourth-order valence-electron chi connectivity index (χ4n) is 2.54. The molecule has 1 aromatic carbocycles. The van der Waals surface area contributed by atoms with Crippen molar-refractivity contribution in [3.63, 3.8) is 0 Å². The number of likely N-dealkylation sites (N-methyl/N-ethyl adjacent to an activating group) is 1. The number of rotatable bonds is 2. The van der Waals surface area contributed by atoms with E-state index in [9.17, 15) is 9.59 Å². The number of carbonyl (C=O) groups is 2. The molecule has 1 fully saturated rings. The van der Waals surface area contributed by atoms with E-state index < -0.39 is 0 Å². The summed E-state index contributed by atoms with van der Waals surface area (Å²) >= 11 is 0. The first-order valence-electron chi connectivity index (χ1n) is 6.90. The number of para-hydroxylation sites is 1. The molecule has 0 bridgehead atoms. The number of piperazine rings is 1. The van der Waals surface area contributed by atoms with Crippen LogP contribution >= 0.6 is 0 Å². The van der Waals surface area contributed by atoms with E-state index in [1.807, 2.05) is 24.3 Å². The van der Waals surface area contributed by atoms with E-state index in [1.165, 1.54) is 7.05 Å². The first-order valence-corrected chi connectivity index (χ1v) is 6.90. The Morgan fingerprint density at radius 3 is 2.27 bits per heavy atom. The van der Waals surface area contributed by atoms with Gasteiger partial charge in [0.05, 0.1) is 19.3 Å². The van der Waals surface area contributed by atoms with E-state index in [4.69, 9.17) is 5.73 Å². The van der Waals surface area contributed by atoms with Gasteiger partial charge in [-0.25, -0.2) is 0 Å². The minimum absolute atomic E-state index is 0.166. The van der Waals surface area contributed by atoms with E-state index in [0.29, 0.717) is 5.82 Å². The Labute approximate surface area is 127 Å². The molecule has 1 aliphatic heterocycles. The molecule has 2 heterocycles. The van der Waals surface area contributed by atoms with Gasteiger partial charge in [-0.1, -0.05) is 18.2 Å². The van der Waals surface area contributed by atoms with Crippen LogP contribution in [0.4, 0.5) is 11.5 Å². The third-order valence-corrected chi connectivity index (χ3v) is 3.92.